The zero-order valence-corrected chi connectivity index (χ0v) is 10.6. The third kappa shape index (κ3) is 3.12. The van der Waals surface area contributed by atoms with Crippen LogP contribution in [0, 0.1) is 0 Å². The third-order valence-electron chi connectivity index (χ3n) is 2.87. The van der Waals surface area contributed by atoms with Gasteiger partial charge in [-0.3, -0.25) is 4.79 Å². The second-order valence-corrected chi connectivity index (χ2v) is 4.26. The van der Waals surface area contributed by atoms with Gasteiger partial charge >= 0.3 is 12.0 Å². The molecule has 3 amide bonds. The van der Waals surface area contributed by atoms with E-state index in [9.17, 15) is 14.4 Å². The molecule has 7 heteroatoms. The van der Waals surface area contributed by atoms with Gasteiger partial charge in [0.05, 0.1) is 6.42 Å². The fourth-order valence-electron chi connectivity index (χ4n) is 1.79. The number of imide groups is 1. The van der Waals surface area contributed by atoms with Crippen LogP contribution in [0.2, 0.25) is 0 Å². The average Bonchev–Trinajstić information content (AvgIpc) is 2.45. The first-order chi connectivity index (χ1) is 9.61. The van der Waals surface area contributed by atoms with Gasteiger partial charge in [-0.2, -0.15) is 0 Å². The van der Waals surface area contributed by atoms with Gasteiger partial charge in [0.25, 0.3) is 0 Å². The minimum atomic E-state index is -1.01. The standard InChI is InChI=1S/C13H14N2O5/c16-8-15-11(17)6-10(14-13(15)19)12(18)20-7-9-4-2-1-3-5-9/h1-5,10,16H,6-8H2,(H,14,19). The highest BCUT2D eigenvalue weighted by molar-refractivity contribution is 6.01. The van der Waals surface area contributed by atoms with Crippen LogP contribution in [0.25, 0.3) is 0 Å². The molecule has 2 N–H and O–H groups in total. The van der Waals surface area contributed by atoms with Crippen molar-refractivity contribution in [3.05, 3.63) is 35.9 Å². The quantitative estimate of drug-likeness (QED) is 0.755. The number of benzene rings is 1. The van der Waals surface area contributed by atoms with Crippen LogP contribution in [0.15, 0.2) is 30.3 Å². The summed E-state index contributed by atoms with van der Waals surface area (Å²) in [6.07, 6.45) is -0.222. The van der Waals surface area contributed by atoms with Crippen molar-refractivity contribution in [3.8, 4) is 0 Å². The van der Waals surface area contributed by atoms with Crippen molar-refractivity contribution < 1.29 is 24.2 Å². The maximum atomic E-state index is 11.8. The molecule has 0 radical (unpaired) electrons. The number of ether oxygens (including phenoxy) is 1. The van der Waals surface area contributed by atoms with Gasteiger partial charge in [-0.1, -0.05) is 30.3 Å². The fourth-order valence-corrected chi connectivity index (χ4v) is 1.79. The number of hydrogen-bond donors (Lipinski definition) is 2. The molecule has 20 heavy (non-hydrogen) atoms. The van der Waals surface area contributed by atoms with Crippen molar-refractivity contribution in [3.63, 3.8) is 0 Å². The molecule has 1 aliphatic rings. The number of carbonyl (C=O) groups is 3. The zero-order chi connectivity index (χ0) is 14.5. The molecule has 1 saturated heterocycles. The monoisotopic (exact) mass is 278 g/mol. The summed E-state index contributed by atoms with van der Waals surface area (Å²) in [5, 5.41) is 11.2. The molecule has 106 valence electrons. The highest BCUT2D eigenvalue weighted by Gasteiger charge is 2.36. The number of nitrogens with one attached hydrogen (secondary N) is 1. The van der Waals surface area contributed by atoms with Gasteiger partial charge in [-0.05, 0) is 5.56 Å². The molecule has 0 aromatic heterocycles. The van der Waals surface area contributed by atoms with E-state index in [1.165, 1.54) is 0 Å². The van der Waals surface area contributed by atoms with Crippen molar-refractivity contribution in [1.29, 1.82) is 0 Å². The van der Waals surface area contributed by atoms with Crippen LogP contribution >= 0.6 is 0 Å². The van der Waals surface area contributed by atoms with Crippen molar-refractivity contribution in [2.45, 2.75) is 19.1 Å². The van der Waals surface area contributed by atoms with Crippen LogP contribution < -0.4 is 5.32 Å². The zero-order valence-electron chi connectivity index (χ0n) is 10.6. The Kier molecular flexibility index (Phi) is 4.31. The molecule has 0 saturated carbocycles. The molecule has 2 rings (SSSR count). The van der Waals surface area contributed by atoms with Crippen molar-refractivity contribution in [1.82, 2.24) is 10.2 Å². The normalized spacial score (nSPS) is 18.6. The minimum absolute atomic E-state index is 0.0734. The molecule has 1 fully saturated rings. The van der Waals surface area contributed by atoms with Gasteiger partial charge in [0.2, 0.25) is 5.91 Å². The van der Waals surface area contributed by atoms with Gasteiger partial charge in [0.15, 0.2) is 0 Å². The van der Waals surface area contributed by atoms with Crippen molar-refractivity contribution in [2.24, 2.45) is 0 Å². The largest absolute Gasteiger partial charge is 0.459 e. The van der Waals surface area contributed by atoms with E-state index in [1.54, 1.807) is 12.1 Å². The second kappa shape index (κ2) is 6.16. The van der Waals surface area contributed by atoms with Gasteiger partial charge in [-0.15, -0.1) is 0 Å². The lowest BCUT2D eigenvalue weighted by atomic mass is 10.1. The van der Waals surface area contributed by atoms with Crippen molar-refractivity contribution in [2.75, 3.05) is 6.73 Å². The molecule has 0 aliphatic carbocycles. The summed E-state index contributed by atoms with van der Waals surface area (Å²) in [5.74, 6) is -1.29. The van der Waals surface area contributed by atoms with E-state index in [2.05, 4.69) is 5.32 Å². The van der Waals surface area contributed by atoms with E-state index in [0.29, 0.717) is 4.90 Å². The number of rotatable bonds is 4. The Morgan fingerprint density at radius 3 is 2.65 bits per heavy atom. The van der Waals surface area contributed by atoms with E-state index in [4.69, 9.17) is 9.84 Å². The predicted molar refractivity (Wildman–Crippen MR) is 67.1 cm³/mol. The van der Waals surface area contributed by atoms with Gasteiger partial charge in [0, 0.05) is 0 Å². The van der Waals surface area contributed by atoms with E-state index in [1.807, 2.05) is 18.2 Å². The Morgan fingerprint density at radius 2 is 2.05 bits per heavy atom. The second-order valence-electron chi connectivity index (χ2n) is 4.26. The van der Waals surface area contributed by atoms with E-state index in [-0.39, 0.29) is 13.0 Å². The molecule has 1 unspecified atom stereocenters. The minimum Gasteiger partial charge on any atom is -0.459 e. The highest BCUT2D eigenvalue weighted by atomic mass is 16.5. The summed E-state index contributed by atoms with van der Waals surface area (Å²) >= 11 is 0. The Labute approximate surface area is 115 Å². The van der Waals surface area contributed by atoms with Crippen LogP contribution in [0.1, 0.15) is 12.0 Å². The average molecular weight is 278 g/mol. The molecule has 1 aromatic rings. The molecule has 1 atom stereocenters. The number of amides is 3. The third-order valence-corrected chi connectivity index (χ3v) is 2.87. The molecule has 7 nitrogen and oxygen atoms in total. The molecule has 1 aliphatic heterocycles. The Balaban J connectivity index is 1.90. The van der Waals surface area contributed by atoms with Gasteiger partial charge in [-0.25, -0.2) is 14.5 Å². The maximum absolute atomic E-state index is 11.8. The summed E-state index contributed by atoms with van der Waals surface area (Å²) < 4.78 is 5.05. The lowest BCUT2D eigenvalue weighted by molar-refractivity contribution is -0.151. The van der Waals surface area contributed by atoms with Crippen molar-refractivity contribution >= 4 is 17.9 Å². The SMILES string of the molecule is O=C(OCc1ccccc1)C1CC(=O)N(CO)C(=O)N1. The number of esters is 1. The number of nitrogens with zero attached hydrogens (tertiary/aromatic N) is 1. The van der Waals surface area contributed by atoms with Crippen LogP contribution in [-0.4, -0.2) is 40.7 Å². The molecular formula is C13H14N2O5. The molecule has 1 aromatic carbocycles. The molecular weight excluding hydrogens is 264 g/mol. The van der Waals surface area contributed by atoms with Crippen LogP contribution in [0.4, 0.5) is 4.79 Å². The summed E-state index contributed by atoms with van der Waals surface area (Å²) in [5.41, 5.74) is 0.811. The lowest BCUT2D eigenvalue weighted by Crippen LogP contribution is -2.57. The molecule has 1 heterocycles. The summed E-state index contributed by atoms with van der Waals surface area (Å²) in [6.45, 7) is -0.638. The summed E-state index contributed by atoms with van der Waals surface area (Å²) in [7, 11) is 0. The number of aliphatic hydroxyl groups is 1. The Morgan fingerprint density at radius 1 is 1.35 bits per heavy atom. The first-order valence-corrected chi connectivity index (χ1v) is 6.04. The lowest BCUT2D eigenvalue weighted by Gasteiger charge is -2.28. The Bertz CT molecular complexity index is 499. The summed E-state index contributed by atoms with van der Waals surface area (Å²) in [6, 6.07) is 7.25. The van der Waals surface area contributed by atoms with E-state index >= 15 is 0 Å². The number of carbonyl (C=O) groups excluding carboxylic acids is 3. The summed E-state index contributed by atoms with van der Waals surface area (Å²) in [4.78, 5) is 35.4. The van der Waals surface area contributed by atoms with Gasteiger partial charge in [0.1, 0.15) is 19.4 Å². The first-order valence-electron chi connectivity index (χ1n) is 6.04. The van der Waals surface area contributed by atoms with Crippen LogP contribution in [0.5, 0.6) is 0 Å². The highest BCUT2D eigenvalue weighted by Crippen LogP contribution is 2.10. The number of hydrogen-bond acceptors (Lipinski definition) is 5. The Hall–Kier alpha value is -2.41. The smallest absolute Gasteiger partial charge is 0.329 e. The molecule has 0 bridgehead atoms. The first kappa shape index (κ1) is 14.0. The van der Waals surface area contributed by atoms with E-state index < -0.39 is 30.7 Å². The maximum Gasteiger partial charge on any atom is 0.329 e. The fraction of sp³-hybridized carbons (Fsp3) is 0.308. The van der Waals surface area contributed by atoms with Crippen LogP contribution in [0.3, 0.4) is 0 Å². The number of urea groups is 1. The topological polar surface area (TPSA) is 95.9 Å². The predicted octanol–water partition coefficient (Wildman–Crippen LogP) is -0.00990. The van der Waals surface area contributed by atoms with Crippen LogP contribution in [-0.2, 0) is 20.9 Å². The number of aliphatic hydroxyl groups excluding tert-OH is 1. The molecule has 0 spiro atoms. The van der Waals surface area contributed by atoms with E-state index in [0.717, 1.165) is 5.56 Å². The van der Waals surface area contributed by atoms with Gasteiger partial charge < -0.3 is 15.2 Å².